The predicted molar refractivity (Wildman–Crippen MR) is 83.9 cm³/mol. The Morgan fingerprint density at radius 1 is 1.37 bits per heavy atom. The molecule has 2 rings (SSSR count). The van der Waals surface area contributed by atoms with Gasteiger partial charge in [0.15, 0.2) is 0 Å². The Morgan fingerprint density at radius 3 is 2.79 bits per heavy atom. The highest BCUT2D eigenvalue weighted by atomic mass is 35.5. The van der Waals surface area contributed by atoms with Gasteiger partial charge >= 0.3 is 0 Å². The lowest BCUT2D eigenvalue weighted by molar-refractivity contribution is 0.197. The molecule has 0 aromatic carbocycles. The van der Waals surface area contributed by atoms with Gasteiger partial charge in [-0.25, -0.2) is 0 Å². The second-order valence-corrected chi connectivity index (χ2v) is 4.87. The number of rotatable bonds is 5. The minimum atomic E-state index is 0. The van der Waals surface area contributed by atoms with Crippen LogP contribution in [0.15, 0.2) is 18.5 Å². The fourth-order valence-electron chi connectivity index (χ4n) is 2.35. The molecule has 1 atom stereocenters. The number of likely N-dealkylation sites (N-methyl/N-ethyl adjacent to an activating group) is 1. The number of hydrogen-bond donors (Lipinski definition) is 0. The molecule has 1 aromatic heterocycles. The van der Waals surface area contributed by atoms with Crippen molar-refractivity contribution in [3.05, 3.63) is 24.0 Å². The number of ether oxygens (including phenoxy) is 1. The summed E-state index contributed by atoms with van der Waals surface area (Å²) in [4.78, 5) is 6.61. The van der Waals surface area contributed by atoms with Crippen molar-refractivity contribution in [2.75, 3.05) is 20.2 Å². The first-order valence-corrected chi connectivity index (χ1v) is 6.56. The summed E-state index contributed by atoms with van der Waals surface area (Å²) in [5, 5.41) is 0. The van der Waals surface area contributed by atoms with Gasteiger partial charge in [-0.1, -0.05) is 13.3 Å². The zero-order valence-electron chi connectivity index (χ0n) is 11.7. The molecule has 5 heteroatoms. The first kappa shape index (κ1) is 18.5. The molecule has 0 radical (unpaired) electrons. The monoisotopic (exact) mass is 306 g/mol. The molecule has 1 aliphatic rings. The highest BCUT2D eigenvalue weighted by Crippen LogP contribution is 2.18. The molecule has 0 unspecified atom stereocenters. The zero-order chi connectivity index (χ0) is 12.1. The zero-order valence-corrected chi connectivity index (χ0v) is 13.3. The van der Waals surface area contributed by atoms with Crippen molar-refractivity contribution in [3.8, 4) is 5.75 Å². The molecule has 19 heavy (non-hydrogen) atoms. The van der Waals surface area contributed by atoms with Crippen molar-refractivity contribution >= 4 is 24.8 Å². The van der Waals surface area contributed by atoms with Crippen LogP contribution < -0.4 is 4.74 Å². The van der Waals surface area contributed by atoms with Crippen LogP contribution in [0.2, 0.25) is 0 Å². The molecule has 0 bridgehead atoms. The normalized spacial score (nSPS) is 18.5. The molecule has 0 amide bonds. The Balaban J connectivity index is 0.00000162. The highest BCUT2D eigenvalue weighted by Gasteiger charge is 2.21. The summed E-state index contributed by atoms with van der Waals surface area (Å²) in [6.07, 6.45) is 8.51. The second kappa shape index (κ2) is 9.40. The highest BCUT2D eigenvalue weighted by molar-refractivity contribution is 5.85. The van der Waals surface area contributed by atoms with Crippen molar-refractivity contribution in [3.63, 3.8) is 0 Å². The summed E-state index contributed by atoms with van der Waals surface area (Å²) in [5.74, 6) is 0.913. The van der Waals surface area contributed by atoms with E-state index in [-0.39, 0.29) is 24.8 Å². The number of hydrogen-bond acceptors (Lipinski definition) is 3. The maximum atomic E-state index is 5.84. The van der Waals surface area contributed by atoms with Crippen molar-refractivity contribution in [2.24, 2.45) is 0 Å². The molecule has 3 nitrogen and oxygen atoms in total. The summed E-state index contributed by atoms with van der Waals surface area (Å²) in [6.45, 7) is 4.16. The van der Waals surface area contributed by atoms with E-state index in [9.17, 15) is 0 Å². The Kier molecular flexibility index (Phi) is 9.15. The van der Waals surface area contributed by atoms with Crippen LogP contribution in [0.3, 0.4) is 0 Å². The van der Waals surface area contributed by atoms with Gasteiger partial charge < -0.3 is 9.64 Å². The van der Waals surface area contributed by atoms with Gasteiger partial charge in [0.25, 0.3) is 0 Å². The smallest absolute Gasteiger partial charge is 0.137 e. The fraction of sp³-hybridized carbons (Fsp3) is 0.643. The molecule has 110 valence electrons. The first-order valence-electron chi connectivity index (χ1n) is 6.56. The van der Waals surface area contributed by atoms with Gasteiger partial charge in [-0.2, -0.15) is 0 Å². The summed E-state index contributed by atoms with van der Waals surface area (Å²) in [7, 11) is 2.17. The number of nitrogens with zero attached hydrogens (tertiary/aromatic N) is 2. The Morgan fingerprint density at radius 2 is 2.16 bits per heavy atom. The number of halogens is 2. The van der Waals surface area contributed by atoms with E-state index in [1.165, 1.54) is 24.9 Å². The van der Waals surface area contributed by atoms with E-state index in [4.69, 9.17) is 4.74 Å². The number of likely N-dealkylation sites (tertiary alicyclic amines) is 1. The molecule has 1 saturated heterocycles. The van der Waals surface area contributed by atoms with Gasteiger partial charge in [-0.05, 0) is 44.5 Å². The Hall–Kier alpha value is -0.510. The lowest BCUT2D eigenvalue weighted by Gasteiger charge is -2.19. The molecule has 0 aliphatic carbocycles. The molecule has 1 fully saturated rings. The molecule has 0 spiro atoms. The summed E-state index contributed by atoms with van der Waals surface area (Å²) < 4.78 is 5.84. The number of aromatic nitrogens is 1. The summed E-state index contributed by atoms with van der Waals surface area (Å²) >= 11 is 0. The first-order chi connectivity index (χ1) is 8.29. The van der Waals surface area contributed by atoms with Crippen LogP contribution in [0.5, 0.6) is 5.75 Å². The lowest BCUT2D eigenvalue weighted by atomic mass is 10.2. The van der Waals surface area contributed by atoms with Gasteiger partial charge in [-0.15, -0.1) is 24.8 Å². The predicted octanol–water partition coefficient (Wildman–Crippen LogP) is 3.35. The molecule has 1 aliphatic heterocycles. The Labute approximate surface area is 128 Å². The second-order valence-electron chi connectivity index (χ2n) is 4.87. The minimum absolute atomic E-state index is 0. The topological polar surface area (TPSA) is 25.4 Å². The van der Waals surface area contributed by atoms with Gasteiger partial charge in [0.1, 0.15) is 12.4 Å². The molecule has 1 aromatic rings. The van der Waals surface area contributed by atoms with Crippen LogP contribution in [0.1, 0.15) is 31.7 Å². The van der Waals surface area contributed by atoms with Gasteiger partial charge in [0.05, 0.1) is 6.20 Å². The summed E-state index contributed by atoms with van der Waals surface area (Å²) in [6, 6.07) is 2.69. The van der Waals surface area contributed by atoms with Gasteiger partial charge in [-0.3, -0.25) is 4.98 Å². The minimum Gasteiger partial charge on any atom is -0.490 e. The largest absolute Gasteiger partial charge is 0.490 e. The van der Waals surface area contributed by atoms with E-state index in [0.29, 0.717) is 6.04 Å². The molecule has 2 heterocycles. The molecular weight excluding hydrogens is 283 g/mol. The number of pyridine rings is 1. The third-order valence-corrected chi connectivity index (χ3v) is 3.42. The van der Waals surface area contributed by atoms with Crippen molar-refractivity contribution in [2.45, 2.75) is 38.6 Å². The van der Waals surface area contributed by atoms with E-state index in [0.717, 1.165) is 25.2 Å². The SMILES string of the molecule is CCCc1cncc(OC[C@@H]2CCCN2C)c1.Cl.Cl. The standard InChI is InChI=1S/C14H22N2O.2ClH/c1-3-5-12-8-14(10-15-9-12)17-11-13-6-4-7-16(13)2;;/h8-10,13H,3-7,11H2,1-2H3;2*1H/t13-;;/m0../s1. The lowest BCUT2D eigenvalue weighted by Crippen LogP contribution is -2.30. The maximum Gasteiger partial charge on any atom is 0.137 e. The fourth-order valence-corrected chi connectivity index (χ4v) is 2.35. The van der Waals surface area contributed by atoms with Crippen molar-refractivity contribution in [1.82, 2.24) is 9.88 Å². The van der Waals surface area contributed by atoms with Crippen molar-refractivity contribution < 1.29 is 4.74 Å². The third-order valence-electron chi connectivity index (χ3n) is 3.42. The van der Waals surface area contributed by atoms with Crippen LogP contribution in [0.25, 0.3) is 0 Å². The van der Waals surface area contributed by atoms with Gasteiger partial charge in [0, 0.05) is 12.2 Å². The van der Waals surface area contributed by atoms with E-state index in [1.807, 2.05) is 12.4 Å². The molecular formula is C14H24Cl2N2O. The van der Waals surface area contributed by atoms with E-state index < -0.39 is 0 Å². The average molecular weight is 307 g/mol. The average Bonchev–Trinajstić information content (AvgIpc) is 2.73. The van der Waals surface area contributed by atoms with Crippen LogP contribution in [-0.2, 0) is 6.42 Å². The van der Waals surface area contributed by atoms with E-state index >= 15 is 0 Å². The molecule has 0 N–H and O–H groups in total. The van der Waals surface area contributed by atoms with Crippen LogP contribution in [0.4, 0.5) is 0 Å². The van der Waals surface area contributed by atoms with Crippen LogP contribution in [-0.4, -0.2) is 36.1 Å². The van der Waals surface area contributed by atoms with E-state index in [2.05, 4.69) is 29.9 Å². The van der Waals surface area contributed by atoms with E-state index in [1.54, 1.807) is 0 Å². The number of aryl methyl sites for hydroxylation is 1. The third kappa shape index (κ3) is 5.55. The maximum absolute atomic E-state index is 5.84. The summed E-state index contributed by atoms with van der Waals surface area (Å²) in [5.41, 5.74) is 1.27. The van der Waals surface area contributed by atoms with Crippen LogP contribution in [0, 0.1) is 0 Å². The quantitative estimate of drug-likeness (QED) is 0.834. The molecule has 0 saturated carbocycles. The van der Waals surface area contributed by atoms with Gasteiger partial charge in [0.2, 0.25) is 0 Å². The Bertz CT molecular complexity index is 363. The van der Waals surface area contributed by atoms with Crippen LogP contribution >= 0.6 is 24.8 Å². The van der Waals surface area contributed by atoms with Crippen molar-refractivity contribution in [1.29, 1.82) is 0 Å².